The number of rotatable bonds is 9. The topological polar surface area (TPSA) is 57.0 Å². The van der Waals surface area contributed by atoms with Crippen LogP contribution in [0.4, 0.5) is 0 Å². The van der Waals surface area contributed by atoms with E-state index in [4.69, 9.17) is 37.4 Å². The molecule has 2 heterocycles. The van der Waals surface area contributed by atoms with Gasteiger partial charge in [-0.3, -0.25) is 0 Å². The van der Waals surface area contributed by atoms with Crippen LogP contribution in [0.5, 0.6) is 5.75 Å². The van der Waals surface area contributed by atoms with E-state index in [0.29, 0.717) is 28.4 Å². The van der Waals surface area contributed by atoms with Crippen LogP contribution in [0, 0.1) is 0 Å². The molecule has 4 rings (SSSR count). The smallest absolute Gasteiger partial charge is 0.146 e. The maximum atomic E-state index is 6.20. The van der Waals surface area contributed by atoms with E-state index in [2.05, 4.69) is 26.8 Å². The molecule has 0 unspecified atom stereocenters. The molecule has 3 aromatic rings. The van der Waals surface area contributed by atoms with E-state index < -0.39 is 0 Å². The Morgan fingerprint density at radius 1 is 1.21 bits per heavy atom. The molecule has 29 heavy (non-hydrogen) atoms. The highest BCUT2D eigenvalue weighted by Crippen LogP contribution is 2.35. The van der Waals surface area contributed by atoms with Gasteiger partial charge in [-0.2, -0.15) is 0 Å². The van der Waals surface area contributed by atoms with Crippen LogP contribution in [0.15, 0.2) is 42.7 Å². The van der Waals surface area contributed by atoms with Gasteiger partial charge in [0.2, 0.25) is 0 Å². The number of nitrogens with zero attached hydrogens (tertiary/aromatic N) is 2. The summed E-state index contributed by atoms with van der Waals surface area (Å²) in [6.07, 6.45) is 5.76. The highest BCUT2D eigenvalue weighted by molar-refractivity contribution is 6.42. The van der Waals surface area contributed by atoms with Crippen LogP contribution < -0.4 is 10.1 Å². The summed E-state index contributed by atoms with van der Waals surface area (Å²) in [6.45, 7) is 1.49. The Morgan fingerprint density at radius 3 is 2.90 bits per heavy atom. The van der Waals surface area contributed by atoms with E-state index in [1.807, 2.05) is 18.3 Å². The van der Waals surface area contributed by atoms with E-state index in [0.717, 1.165) is 36.3 Å². The van der Waals surface area contributed by atoms with Crippen molar-refractivity contribution in [3.05, 3.63) is 64.0 Å². The molecule has 154 valence electrons. The molecule has 0 saturated heterocycles. The zero-order valence-electron chi connectivity index (χ0n) is 16.1. The number of methoxy groups -OCH3 is 1. The van der Waals surface area contributed by atoms with Crippen molar-refractivity contribution in [2.24, 2.45) is 0 Å². The fraction of sp³-hybridized carbons (Fsp3) is 0.381. The molecule has 8 heteroatoms. The molecule has 2 aromatic heterocycles. The third-order valence-electron chi connectivity index (χ3n) is 5.05. The quantitative estimate of drug-likeness (QED) is 0.397. The summed E-state index contributed by atoms with van der Waals surface area (Å²) in [5.41, 5.74) is 3.12. The van der Waals surface area contributed by atoms with Crippen LogP contribution in [-0.2, 0) is 22.6 Å². The number of benzene rings is 1. The molecule has 1 fully saturated rings. The fourth-order valence-corrected chi connectivity index (χ4v) is 3.78. The number of fused-ring (bicyclic) bond motifs is 1. The third-order valence-corrected chi connectivity index (χ3v) is 5.85. The third kappa shape index (κ3) is 4.68. The number of hydrogen-bond acceptors (Lipinski definition) is 5. The standard InChI is InChI=1S/C21H23Cl2N3O3/c1-27-13-28-12-16-6-5-14(21-24-7-8-26(16)21)11-25-15-9-17(10-15)29-19-4-2-3-18(22)20(19)23/h2-8,15,17,25H,9-13H2,1H3/t15-,17-. The van der Waals surface area contributed by atoms with E-state index in [1.165, 1.54) is 0 Å². The monoisotopic (exact) mass is 435 g/mol. The minimum Gasteiger partial charge on any atom is -0.489 e. The van der Waals surface area contributed by atoms with Gasteiger partial charge in [0.05, 0.1) is 17.3 Å². The largest absolute Gasteiger partial charge is 0.489 e. The molecule has 1 N–H and O–H groups in total. The van der Waals surface area contributed by atoms with Crippen molar-refractivity contribution in [2.75, 3.05) is 13.9 Å². The molecule has 1 aliphatic rings. The zero-order chi connectivity index (χ0) is 20.2. The lowest BCUT2D eigenvalue weighted by atomic mass is 9.89. The average molecular weight is 436 g/mol. The lowest BCUT2D eigenvalue weighted by Gasteiger charge is -2.36. The minimum atomic E-state index is 0.148. The summed E-state index contributed by atoms with van der Waals surface area (Å²) in [7, 11) is 1.61. The zero-order valence-corrected chi connectivity index (χ0v) is 17.6. The van der Waals surface area contributed by atoms with Crippen LogP contribution in [0.25, 0.3) is 5.65 Å². The van der Waals surface area contributed by atoms with Crippen molar-refractivity contribution in [3.63, 3.8) is 0 Å². The first-order chi connectivity index (χ1) is 14.2. The minimum absolute atomic E-state index is 0.148. The molecule has 0 spiro atoms. The SMILES string of the molecule is COCOCc1ccc(CN[C@H]2C[C@H](Oc3cccc(Cl)c3Cl)C2)c2nccn12. The Kier molecular flexibility index (Phi) is 6.57. The number of imidazole rings is 1. The summed E-state index contributed by atoms with van der Waals surface area (Å²) in [6, 6.07) is 10.0. The Bertz CT molecular complexity index is 973. The second-order valence-electron chi connectivity index (χ2n) is 7.07. The molecule has 0 radical (unpaired) electrons. The van der Waals surface area contributed by atoms with Crippen molar-refractivity contribution < 1.29 is 14.2 Å². The van der Waals surface area contributed by atoms with Crippen molar-refractivity contribution in [1.29, 1.82) is 0 Å². The summed E-state index contributed by atoms with van der Waals surface area (Å²) >= 11 is 12.2. The predicted molar refractivity (Wildman–Crippen MR) is 113 cm³/mol. The number of aromatic nitrogens is 2. The molecule has 0 bridgehead atoms. The van der Waals surface area contributed by atoms with Gasteiger partial charge in [-0.15, -0.1) is 0 Å². The first-order valence-corrected chi connectivity index (χ1v) is 10.3. The van der Waals surface area contributed by atoms with Gasteiger partial charge in [0.1, 0.15) is 29.3 Å². The number of hydrogen-bond donors (Lipinski definition) is 1. The molecular weight excluding hydrogens is 413 g/mol. The van der Waals surface area contributed by atoms with E-state index in [9.17, 15) is 0 Å². The van der Waals surface area contributed by atoms with Gasteiger partial charge in [0.15, 0.2) is 0 Å². The van der Waals surface area contributed by atoms with Crippen LogP contribution >= 0.6 is 23.2 Å². The highest BCUT2D eigenvalue weighted by Gasteiger charge is 2.31. The summed E-state index contributed by atoms with van der Waals surface area (Å²) in [5, 5.41) is 4.57. The maximum absolute atomic E-state index is 6.20. The first-order valence-electron chi connectivity index (χ1n) is 9.50. The van der Waals surface area contributed by atoms with Crippen molar-refractivity contribution in [2.45, 2.75) is 38.1 Å². The number of ether oxygens (including phenoxy) is 3. The molecule has 0 aliphatic heterocycles. The second kappa shape index (κ2) is 9.32. The van der Waals surface area contributed by atoms with Gasteiger partial charge in [0.25, 0.3) is 0 Å². The first kappa shape index (κ1) is 20.4. The van der Waals surface area contributed by atoms with Crippen LogP contribution in [0.1, 0.15) is 24.1 Å². The molecule has 0 atom stereocenters. The predicted octanol–water partition coefficient (Wildman–Crippen LogP) is 4.46. The normalized spacial score (nSPS) is 18.7. The van der Waals surface area contributed by atoms with E-state index in [-0.39, 0.29) is 12.9 Å². The number of halogens is 2. The maximum Gasteiger partial charge on any atom is 0.146 e. The Labute approximate surface area is 179 Å². The van der Waals surface area contributed by atoms with Crippen LogP contribution in [-0.4, -0.2) is 35.4 Å². The lowest BCUT2D eigenvalue weighted by Crippen LogP contribution is -2.46. The summed E-state index contributed by atoms with van der Waals surface area (Å²) in [5.74, 6) is 0.646. The average Bonchev–Trinajstić information content (AvgIpc) is 3.18. The van der Waals surface area contributed by atoms with Gasteiger partial charge < -0.3 is 23.9 Å². The fourth-order valence-electron chi connectivity index (χ4n) is 3.45. The van der Waals surface area contributed by atoms with Crippen molar-refractivity contribution in [1.82, 2.24) is 14.7 Å². The molecule has 1 aliphatic carbocycles. The Hall–Kier alpha value is -1.83. The van der Waals surface area contributed by atoms with Crippen molar-refractivity contribution in [3.8, 4) is 5.75 Å². The lowest BCUT2D eigenvalue weighted by molar-refractivity contribution is -0.0403. The van der Waals surface area contributed by atoms with Crippen molar-refractivity contribution >= 4 is 28.8 Å². The summed E-state index contributed by atoms with van der Waals surface area (Å²) < 4.78 is 18.4. The van der Waals surface area contributed by atoms with Gasteiger partial charge >= 0.3 is 0 Å². The van der Waals surface area contributed by atoms with Crippen LogP contribution in [0.2, 0.25) is 10.0 Å². The van der Waals surface area contributed by atoms with Crippen LogP contribution in [0.3, 0.4) is 0 Å². The molecule has 6 nitrogen and oxygen atoms in total. The van der Waals surface area contributed by atoms with Gasteiger partial charge in [0, 0.05) is 37.7 Å². The molecule has 0 amide bonds. The number of nitrogens with one attached hydrogen (secondary N) is 1. The highest BCUT2D eigenvalue weighted by atomic mass is 35.5. The van der Waals surface area contributed by atoms with Gasteiger partial charge in [-0.25, -0.2) is 4.98 Å². The molecule has 1 aromatic carbocycles. The van der Waals surface area contributed by atoms with Gasteiger partial charge in [-0.05, 0) is 31.0 Å². The summed E-state index contributed by atoms with van der Waals surface area (Å²) in [4.78, 5) is 4.50. The van der Waals surface area contributed by atoms with E-state index in [1.54, 1.807) is 19.4 Å². The Morgan fingerprint density at radius 2 is 2.07 bits per heavy atom. The second-order valence-corrected chi connectivity index (χ2v) is 7.85. The Balaban J connectivity index is 1.30. The van der Waals surface area contributed by atoms with Gasteiger partial charge in [-0.1, -0.05) is 35.3 Å². The molecule has 1 saturated carbocycles. The molecular formula is C21H23Cl2N3O3. The number of pyridine rings is 1. The van der Waals surface area contributed by atoms with E-state index >= 15 is 0 Å².